The average Bonchev–Trinajstić information content (AvgIpc) is 1.99. The van der Waals surface area contributed by atoms with Gasteiger partial charge in [0.2, 0.25) is 8.77 Å². The molecule has 0 aromatic rings. The second kappa shape index (κ2) is 11.9. The highest BCUT2D eigenvalue weighted by Crippen LogP contribution is 2.29. The summed E-state index contributed by atoms with van der Waals surface area (Å²) in [5, 5.41) is 1.53. The molecule has 0 atom stereocenters. The minimum atomic E-state index is 0.0972. The predicted octanol–water partition coefficient (Wildman–Crippen LogP) is 4.62. The summed E-state index contributed by atoms with van der Waals surface area (Å²) in [5.41, 5.74) is 0. The second-order valence-corrected chi connectivity index (χ2v) is 8.51. The van der Waals surface area contributed by atoms with Crippen molar-refractivity contribution in [2.45, 2.75) is 38.2 Å². The van der Waals surface area contributed by atoms with Crippen LogP contribution < -0.4 is 0 Å². The third-order valence-corrected chi connectivity index (χ3v) is 4.49. The van der Waals surface area contributed by atoms with Gasteiger partial charge >= 0.3 is 0 Å². The summed E-state index contributed by atoms with van der Waals surface area (Å²) in [6.45, 7) is 8.89. The highest BCUT2D eigenvalue weighted by atomic mass is 33.1. The third kappa shape index (κ3) is 25.6. The van der Waals surface area contributed by atoms with Crippen LogP contribution in [-0.4, -0.2) is 19.3 Å². The Hall–Kier alpha value is 1.38. The van der Waals surface area contributed by atoms with Crippen molar-refractivity contribution in [1.82, 2.24) is 0 Å². The smallest absolute Gasteiger partial charge is 0.224 e. The fourth-order valence-electron chi connectivity index (χ4n) is 0.297. The van der Waals surface area contributed by atoms with Crippen LogP contribution in [0.2, 0.25) is 0 Å². The quantitative estimate of drug-likeness (QED) is 0.445. The fourth-order valence-corrected chi connectivity index (χ4v) is 2.67. The largest absolute Gasteiger partial charge is 0.423 e. The Morgan fingerprint density at radius 3 is 1.27 bits per heavy atom. The highest BCUT2D eigenvalue weighted by Gasteiger charge is 1.96. The van der Waals surface area contributed by atoms with E-state index in [1.165, 1.54) is 0 Å². The molecule has 0 unspecified atom stereocenters. The SMILES string of the molecule is CC(C)SSC(C)C.S=C(S)OC(=S)S. The number of ether oxygens (including phenoxy) is 1. The number of hydrogen-bond acceptors (Lipinski definition) is 5. The normalized spacial score (nSPS) is 9.60. The third-order valence-electron chi connectivity index (χ3n) is 0.615. The number of thiocarbonyl (C=S) groups is 2. The first kappa shape index (κ1) is 18.7. The predicted molar refractivity (Wildman–Crippen MR) is 89.7 cm³/mol. The van der Waals surface area contributed by atoms with E-state index in [0.717, 1.165) is 10.5 Å². The molecule has 0 aromatic carbocycles. The van der Waals surface area contributed by atoms with Crippen molar-refractivity contribution in [3.63, 3.8) is 0 Å². The van der Waals surface area contributed by atoms with Gasteiger partial charge in [0.15, 0.2) is 0 Å². The summed E-state index contributed by atoms with van der Waals surface area (Å²) >= 11 is 16.0. The van der Waals surface area contributed by atoms with Crippen molar-refractivity contribution in [2.75, 3.05) is 0 Å². The maximum atomic E-state index is 4.44. The van der Waals surface area contributed by atoms with Crippen molar-refractivity contribution >= 4 is 80.0 Å². The molecule has 0 aliphatic rings. The van der Waals surface area contributed by atoms with E-state index in [0.29, 0.717) is 0 Å². The topological polar surface area (TPSA) is 9.23 Å². The lowest BCUT2D eigenvalue weighted by atomic mass is 10.6. The van der Waals surface area contributed by atoms with Crippen LogP contribution in [0.5, 0.6) is 0 Å². The first-order chi connectivity index (χ1) is 6.75. The Bertz CT molecular complexity index is 172. The molecule has 7 heteroatoms. The molecule has 1 nitrogen and oxygen atoms in total. The van der Waals surface area contributed by atoms with Gasteiger partial charge in [-0.15, -0.1) is 0 Å². The summed E-state index contributed by atoms with van der Waals surface area (Å²) in [6, 6.07) is 0. The van der Waals surface area contributed by atoms with Gasteiger partial charge in [-0.25, -0.2) is 0 Å². The maximum Gasteiger partial charge on any atom is 0.224 e. The molecule has 15 heavy (non-hydrogen) atoms. The number of rotatable bonds is 3. The van der Waals surface area contributed by atoms with Crippen LogP contribution in [0.25, 0.3) is 0 Å². The van der Waals surface area contributed by atoms with Gasteiger partial charge in [0.25, 0.3) is 0 Å². The van der Waals surface area contributed by atoms with E-state index in [-0.39, 0.29) is 8.77 Å². The maximum absolute atomic E-state index is 4.44. The van der Waals surface area contributed by atoms with Crippen molar-refractivity contribution in [2.24, 2.45) is 0 Å². The molecule has 0 N–H and O–H groups in total. The van der Waals surface area contributed by atoms with Gasteiger partial charge in [0.1, 0.15) is 0 Å². The van der Waals surface area contributed by atoms with Gasteiger partial charge in [0.05, 0.1) is 0 Å². The van der Waals surface area contributed by atoms with Crippen molar-refractivity contribution in [3.8, 4) is 0 Å². The zero-order valence-electron chi connectivity index (χ0n) is 9.09. The molecule has 0 amide bonds. The highest BCUT2D eigenvalue weighted by molar-refractivity contribution is 8.77. The zero-order chi connectivity index (χ0) is 12.4. The van der Waals surface area contributed by atoms with E-state index >= 15 is 0 Å². The summed E-state index contributed by atoms with van der Waals surface area (Å²) < 4.78 is 4.64. The summed E-state index contributed by atoms with van der Waals surface area (Å²) in [4.78, 5) is 0. The molecule has 0 saturated heterocycles. The summed E-state index contributed by atoms with van der Waals surface area (Å²) in [6.07, 6.45) is 0. The minimum Gasteiger partial charge on any atom is -0.423 e. The van der Waals surface area contributed by atoms with Gasteiger partial charge < -0.3 is 4.74 Å². The molecule has 0 rings (SSSR count). The molecule has 0 saturated carbocycles. The Morgan fingerprint density at radius 2 is 1.20 bits per heavy atom. The molecule has 90 valence electrons. The summed E-state index contributed by atoms with van der Waals surface area (Å²) in [5.74, 6) is 0. The van der Waals surface area contributed by atoms with Gasteiger partial charge in [-0.3, -0.25) is 0 Å². The Morgan fingerprint density at radius 1 is 0.933 bits per heavy atom. The van der Waals surface area contributed by atoms with E-state index in [1.807, 2.05) is 21.6 Å². The lowest BCUT2D eigenvalue weighted by Crippen LogP contribution is -1.93. The number of thiol groups is 2. The Labute approximate surface area is 122 Å². The van der Waals surface area contributed by atoms with E-state index < -0.39 is 0 Å². The molecular formula is C8H16OS6. The van der Waals surface area contributed by atoms with Gasteiger partial charge in [-0.2, -0.15) is 0 Å². The van der Waals surface area contributed by atoms with Crippen LogP contribution in [0.4, 0.5) is 0 Å². The lowest BCUT2D eigenvalue weighted by molar-refractivity contribution is 0.607. The molecule has 0 radical (unpaired) electrons. The van der Waals surface area contributed by atoms with E-state index in [9.17, 15) is 0 Å². The van der Waals surface area contributed by atoms with Crippen LogP contribution in [0.3, 0.4) is 0 Å². The molecule has 0 aromatic heterocycles. The molecule has 0 heterocycles. The number of hydrogen-bond donors (Lipinski definition) is 2. The minimum absolute atomic E-state index is 0.0972. The zero-order valence-corrected chi connectivity index (χ0v) is 14.1. The first-order valence-electron chi connectivity index (χ1n) is 4.21. The van der Waals surface area contributed by atoms with Crippen molar-refractivity contribution < 1.29 is 4.74 Å². The van der Waals surface area contributed by atoms with Crippen LogP contribution >= 0.6 is 71.3 Å². The van der Waals surface area contributed by atoms with Crippen LogP contribution in [-0.2, 0) is 4.74 Å². The molecule has 0 aliphatic heterocycles. The van der Waals surface area contributed by atoms with Crippen LogP contribution in [0.15, 0.2) is 0 Å². The van der Waals surface area contributed by atoms with Gasteiger partial charge in [-0.1, -0.05) is 74.5 Å². The second-order valence-electron chi connectivity index (χ2n) is 2.92. The van der Waals surface area contributed by atoms with Crippen molar-refractivity contribution in [3.05, 3.63) is 0 Å². The Kier molecular flexibility index (Phi) is 14.8. The Balaban J connectivity index is 0. The lowest BCUT2D eigenvalue weighted by Gasteiger charge is -2.04. The van der Waals surface area contributed by atoms with E-state index in [2.05, 4.69) is 82.1 Å². The monoisotopic (exact) mass is 320 g/mol. The molecule has 0 bridgehead atoms. The average molecular weight is 321 g/mol. The molecular weight excluding hydrogens is 304 g/mol. The summed E-state index contributed by atoms with van der Waals surface area (Å²) in [7, 11) is 3.91. The first-order valence-corrected chi connectivity index (χ1v) is 8.20. The molecule has 0 spiro atoms. The van der Waals surface area contributed by atoms with Gasteiger partial charge in [-0.05, 0) is 24.4 Å². The molecule has 0 fully saturated rings. The fraction of sp³-hybridized carbons (Fsp3) is 0.750. The molecule has 0 aliphatic carbocycles. The van der Waals surface area contributed by atoms with E-state index in [1.54, 1.807) is 0 Å². The van der Waals surface area contributed by atoms with Crippen LogP contribution in [0.1, 0.15) is 27.7 Å². The van der Waals surface area contributed by atoms with Gasteiger partial charge in [0, 0.05) is 10.5 Å². The standard InChI is InChI=1S/C6H14S2.C2H2OS4/c1-5(2)7-8-6(3)4;4-1(5)3-2(6)7/h5-6H,1-4H3;(H,4,5)(H,6,7). The van der Waals surface area contributed by atoms with Crippen molar-refractivity contribution in [1.29, 1.82) is 0 Å². The van der Waals surface area contributed by atoms with Crippen LogP contribution in [0, 0.1) is 0 Å². The van der Waals surface area contributed by atoms with E-state index in [4.69, 9.17) is 0 Å².